The van der Waals surface area contributed by atoms with E-state index in [1.165, 1.54) is 0 Å². The van der Waals surface area contributed by atoms with Gasteiger partial charge in [-0.1, -0.05) is 28.1 Å². The molecule has 88 valence electrons. The fraction of sp³-hybridized carbons (Fsp3) is 0.167. The molecular weight excluding hydrogens is 288 g/mol. The minimum atomic E-state index is -1.25. The lowest BCUT2D eigenvalue weighted by molar-refractivity contribution is -0.141. The van der Waals surface area contributed by atoms with E-state index in [1.54, 1.807) is 25.1 Å². The molecule has 1 heterocycles. The van der Waals surface area contributed by atoms with Gasteiger partial charge >= 0.3 is 5.97 Å². The number of hydrogen-bond acceptors (Lipinski definition) is 3. The van der Waals surface area contributed by atoms with Gasteiger partial charge in [0.1, 0.15) is 0 Å². The van der Waals surface area contributed by atoms with Crippen molar-refractivity contribution in [2.75, 3.05) is 0 Å². The highest BCUT2D eigenvalue weighted by Gasteiger charge is 2.43. The van der Waals surface area contributed by atoms with Crippen molar-refractivity contribution in [1.29, 1.82) is 0 Å². The quantitative estimate of drug-likeness (QED) is 0.909. The van der Waals surface area contributed by atoms with Crippen LogP contribution in [0, 0.1) is 0 Å². The van der Waals surface area contributed by atoms with Gasteiger partial charge in [0.2, 0.25) is 11.5 Å². The number of carboxylic acid groups (broad SMARTS) is 1. The third-order valence-electron chi connectivity index (χ3n) is 2.63. The molecule has 4 nitrogen and oxygen atoms in total. The molecule has 1 aromatic rings. The van der Waals surface area contributed by atoms with E-state index in [0.29, 0.717) is 5.56 Å². The lowest BCUT2D eigenvalue weighted by Crippen LogP contribution is -2.30. The van der Waals surface area contributed by atoms with Gasteiger partial charge in [0.25, 0.3) is 0 Å². The van der Waals surface area contributed by atoms with Gasteiger partial charge in [-0.05, 0) is 19.1 Å². The van der Waals surface area contributed by atoms with Gasteiger partial charge in [-0.15, -0.1) is 0 Å². The first-order chi connectivity index (χ1) is 7.93. The number of halogens is 1. The Morgan fingerprint density at radius 2 is 2.18 bits per heavy atom. The first-order valence-electron chi connectivity index (χ1n) is 4.88. The number of carbonyl (C=O) groups excluding carboxylic acids is 1. The van der Waals surface area contributed by atoms with Crippen molar-refractivity contribution in [3.8, 4) is 0 Å². The summed E-state index contributed by atoms with van der Waals surface area (Å²) < 4.78 is 6.06. The largest absolute Gasteiger partial charge is 0.475 e. The molecule has 0 fully saturated rings. The van der Waals surface area contributed by atoms with Gasteiger partial charge < -0.3 is 9.84 Å². The molecule has 1 unspecified atom stereocenters. The van der Waals surface area contributed by atoms with Crippen LogP contribution in [0.2, 0.25) is 0 Å². The Kier molecular flexibility index (Phi) is 2.79. The van der Waals surface area contributed by atoms with Crippen molar-refractivity contribution < 1.29 is 19.4 Å². The average molecular weight is 297 g/mol. The predicted octanol–water partition coefficient (Wildman–Crippen LogP) is 2.23. The van der Waals surface area contributed by atoms with Gasteiger partial charge in [-0.2, -0.15) is 0 Å². The fourth-order valence-electron chi connectivity index (χ4n) is 1.65. The Labute approximate surface area is 106 Å². The zero-order valence-corrected chi connectivity index (χ0v) is 10.5. The van der Waals surface area contributed by atoms with Crippen molar-refractivity contribution in [2.45, 2.75) is 12.5 Å². The summed E-state index contributed by atoms with van der Waals surface area (Å²) in [7, 11) is 0. The third kappa shape index (κ3) is 1.98. The average Bonchev–Trinajstić information content (AvgIpc) is 2.57. The molecule has 17 heavy (non-hydrogen) atoms. The Morgan fingerprint density at radius 1 is 1.47 bits per heavy atom. The topological polar surface area (TPSA) is 63.6 Å². The van der Waals surface area contributed by atoms with Crippen LogP contribution in [0.25, 0.3) is 0 Å². The predicted molar refractivity (Wildman–Crippen MR) is 63.3 cm³/mol. The number of ketones is 1. The number of carboxylic acids is 1. The molecule has 0 radical (unpaired) electrons. The number of benzene rings is 1. The molecule has 0 aromatic heterocycles. The summed E-state index contributed by atoms with van der Waals surface area (Å²) >= 11 is 3.30. The smallest absolute Gasteiger partial charge is 0.371 e. The zero-order chi connectivity index (χ0) is 12.6. The molecule has 0 spiro atoms. The van der Waals surface area contributed by atoms with E-state index < -0.39 is 11.6 Å². The summed E-state index contributed by atoms with van der Waals surface area (Å²) in [6.45, 7) is 1.56. The molecule has 0 bridgehead atoms. The molecule has 2 rings (SSSR count). The van der Waals surface area contributed by atoms with E-state index in [0.717, 1.165) is 10.5 Å². The summed E-state index contributed by atoms with van der Waals surface area (Å²) in [6, 6.07) is 7.04. The van der Waals surface area contributed by atoms with E-state index in [-0.39, 0.29) is 11.5 Å². The highest BCUT2D eigenvalue weighted by atomic mass is 79.9. The van der Waals surface area contributed by atoms with Crippen molar-refractivity contribution in [2.24, 2.45) is 0 Å². The Balaban J connectivity index is 2.41. The molecular formula is C12H9BrO4. The highest BCUT2D eigenvalue weighted by Crippen LogP contribution is 2.35. The maximum Gasteiger partial charge on any atom is 0.371 e. The Morgan fingerprint density at radius 3 is 2.71 bits per heavy atom. The second-order valence-electron chi connectivity index (χ2n) is 3.82. The van der Waals surface area contributed by atoms with E-state index in [9.17, 15) is 9.59 Å². The molecule has 5 heteroatoms. The monoisotopic (exact) mass is 296 g/mol. The van der Waals surface area contributed by atoms with Crippen LogP contribution >= 0.6 is 15.9 Å². The van der Waals surface area contributed by atoms with Gasteiger partial charge in [0, 0.05) is 16.1 Å². The summed E-state index contributed by atoms with van der Waals surface area (Å²) in [5.74, 6) is -1.93. The van der Waals surface area contributed by atoms with E-state index in [2.05, 4.69) is 15.9 Å². The number of carbonyl (C=O) groups is 2. The normalized spacial score (nSPS) is 23.2. The molecule has 1 aromatic carbocycles. The molecule has 1 atom stereocenters. The maximum atomic E-state index is 11.8. The van der Waals surface area contributed by atoms with E-state index >= 15 is 0 Å². The van der Waals surface area contributed by atoms with Crippen molar-refractivity contribution in [3.63, 3.8) is 0 Å². The summed E-state index contributed by atoms with van der Waals surface area (Å²) in [4.78, 5) is 22.6. The van der Waals surface area contributed by atoms with Crippen LogP contribution in [0.4, 0.5) is 0 Å². The lowest BCUT2D eigenvalue weighted by atomic mass is 9.92. The van der Waals surface area contributed by atoms with E-state index in [4.69, 9.17) is 9.84 Å². The van der Waals surface area contributed by atoms with E-state index in [1.807, 2.05) is 6.07 Å². The first kappa shape index (κ1) is 11.9. The van der Waals surface area contributed by atoms with Crippen LogP contribution in [0.15, 0.2) is 40.6 Å². The molecule has 0 amide bonds. The van der Waals surface area contributed by atoms with Crippen LogP contribution in [0.3, 0.4) is 0 Å². The number of rotatable bonds is 2. The van der Waals surface area contributed by atoms with Crippen LogP contribution in [0.5, 0.6) is 0 Å². The number of aliphatic carboxylic acids is 1. The summed E-state index contributed by atoms with van der Waals surface area (Å²) in [5.41, 5.74) is -0.637. The van der Waals surface area contributed by atoms with Crippen LogP contribution in [-0.4, -0.2) is 16.9 Å². The maximum absolute atomic E-state index is 11.8. The van der Waals surface area contributed by atoms with Crippen molar-refractivity contribution >= 4 is 27.7 Å². The molecule has 1 N–H and O–H groups in total. The van der Waals surface area contributed by atoms with Crippen molar-refractivity contribution in [3.05, 3.63) is 46.1 Å². The first-order valence-corrected chi connectivity index (χ1v) is 5.67. The minimum Gasteiger partial charge on any atom is -0.475 e. The molecule has 0 saturated heterocycles. The van der Waals surface area contributed by atoms with Gasteiger partial charge in [-0.3, -0.25) is 4.79 Å². The van der Waals surface area contributed by atoms with Gasteiger partial charge in [0.05, 0.1) is 0 Å². The molecule has 0 saturated carbocycles. The minimum absolute atomic E-state index is 0.322. The van der Waals surface area contributed by atoms with Crippen LogP contribution in [-0.2, 0) is 19.9 Å². The second-order valence-corrected chi connectivity index (χ2v) is 4.74. The SMILES string of the molecule is CC1(c2cccc(Br)c2)OC(C(=O)O)=CC1=O. The van der Waals surface area contributed by atoms with Gasteiger partial charge in [-0.25, -0.2) is 4.79 Å². The van der Waals surface area contributed by atoms with Crippen LogP contribution in [0.1, 0.15) is 12.5 Å². The standard InChI is InChI=1S/C12H9BrO4/c1-12(7-3-2-4-8(13)5-7)10(14)6-9(17-12)11(15)16/h2-6H,1H3,(H,15,16). The van der Waals surface area contributed by atoms with Crippen molar-refractivity contribution in [1.82, 2.24) is 0 Å². The third-order valence-corrected chi connectivity index (χ3v) is 3.13. The van der Waals surface area contributed by atoms with Crippen LogP contribution < -0.4 is 0 Å². The Hall–Kier alpha value is -1.62. The highest BCUT2D eigenvalue weighted by molar-refractivity contribution is 9.10. The molecule has 1 aliphatic heterocycles. The molecule has 0 aliphatic carbocycles. The summed E-state index contributed by atoms with van der Waals surface area (Å²) in [5, 5.41) is 8.81. The fourth-order valence-corrected chi connectivity index (χ4v) is 2.05. The number of hydrogen-bond donors (Lipinski definition) is 1. The summed E-state index contributed by atoms with van der Waals surface area (Å²) in [6.07, 6.45) is 1.02. The molecule has 1 aliphatic rings. The Bertz CT molecular complexity index is 535. The number of ether oxygens (including phenoxy) is 1. The second kappa shape index (κ2) is 4.00. The lowest BCUT2D eigenvalue weighted by Gasteiger charge is -2.23. The van der Waals surface area contributed by atoms with Gasteiger partial charge in [0.15, 0.2) is 5.60 Å². The zero-order valence-electron chi connectivity index (χ0n) is 8.94.